The minimum absolute atomic E-state index is 0.0240. The molecule has 1 rings (SSSR count). The normalized spacial score (nSPS) is 10.6. The van der Waals surface area contributed by atoms with Gasteiger partial charge >= 0.3 is 0 Å². The van der Waals surface area contributed by atoms with Crippen molar-refractivity contribution in [2.24, 2.45) is 5.73 Å². The summed E-state index contributed by atoms with van der Waals surface area (Å²) in [6.07, 6.45) is 3.50. The number of hydrogen-bond acceptors (Lipinski definition) is 3. The minimum atomic E-state index is -0.0240. The van der Waals surface area contributed by atoms with Crippen LogP contribution >= 0.6 is 12.2 Å². The lowest BCUT2D eigenvalue weighted by molar-refractivity contribution is -0.117. The zero-order chi connectivity index (χ0) is 15.0. The summed E-state index contributed by atoms with van der Waals surface area (Å²) in [5.74, 6) is -0.0240. The molecule has 5 heteroatoms. The number of thiocarbonyl (C=S) groups is 1. The molecule has 0 heterocycles. The van der Waals surface area contributed by atoms with Gasteiger partial charge in [-0.2, -0.15) is 0 Å². The highest BCUT2D eigenvalue weighted by molar-refractivity contribution is 7.80. The number of benzene rings is 1. The fourth-order valence-electron chi connectivity index (χ4n) is 1.91. The predicted molar refractivity (Wildman–Crippen MR) is 88.0 cm³/mol. The van der Waals surface area contributed by atoms with E-state index in [2.05, 4.69) is 12.2 Å². The van der Waals surface area contributed by atoms with Crippen LogP contribution < -0.4 is 11.1 Å². The first-order valence-electron chi connectivity index (χ1n) is 6.91. The van der Waals surface area contributed by atoms with Crippen LogP contribution in [0.2, 0.25) is 0 Å². The van der Waals surface area contributed by atoms with E-state index in [1.54, 1.807) is 6.07 Å². The summed E-state index contributed by atoms with van der Waals surface area (Å²) < 4.78 is 0. The Balaban J connectivity index is 2.45. The van der Waals surface area contributed by atoms with Gasteiger partial charge in [0.15, 0.2) is 0 Å². The molecular formula is C15H23N3OS. The molecule has 0 aliphatic heterocycles. The van der Waals surface area contributed by atoms with Gasteiger partial charge in [0.2, 0.25) is 5.91 Å². The Labute approximate surface area is 126 Å². The first-order chi connectivity index (χ1) is 9.52. The third-order valence-electron chi connectivity index (χ3n) is 2.99. The van der Waals surface area contributed by atoms with Crippen molar-refractivity contribution in [2.45, 2.75) is 26.2 Å². The van der Waals surface area contributed by atoms with E-state index in [0.29, 0.717) is 11.5 Å². The van der Waals surface area contributed by atoms with E-state index in [4.69, 9.17) is 18.0 Å². The fourth-order valence-corrected chi connectivity index (χ4v) is 2.03. The van der Waals surface area contributed by atoms with Crippen LogP contribution in [0.15, 0.2) is 24.3 Å². The molecule has 0 bridgehead atoms. The molecule has 0 aromatic heterocycles. The molecule has 0 aliphatic rings. The summed E-state index contributed by atoms with van der Waals surface area (Å²) in [5.41, 5.74) is 7.06. The molecule has 0 spiro atoms. The number of anilines is 1. The van der Waals surface area contributed by atoms with E-state index in [1.165, 1.54) is 12.8 Å². The second-order valence-electron chi connectivity index (χ2n) is 4.94. The number of amides is 1. The van der Waals surface area contributed by atoms with E-state index < -0.39 is 0 Å². The van der Waals surface area contributed by atoms with Crippen molar-refractivity contribution in [1.82, 2.24) is 4.90 Å². The number of unbranched alkanes of at least 4 members (excludes halogenated alkanes) is 2. The van der Waals surface area contributed by atoms with Crippen LogP contribution in [-0.4, -0.2) is 35.9 Å². The standard InChI is InChI=1S/C15H23N3OS/c1-3-4-5-9-18(2)11-14(19)17-13-8-6-7-12(10-13)15(16)20/h6-8,10H,3-5,9,11H2,1-2H3,(H2,16,20)(H,17,19). The second kappa shape index (κ2) is 8.66. The van der Waals surface area contributed by atoms with Gasteiger partial charge in [-0.1, -0.05) is 44.1 Å². The molecule has 0 aliphatic carbocycles. The number of carbonyl (C=O) groups is 1. The Hall–Kier alpha value is -1.46. The quantitative estimate of drug-likeness (QED) is 0.571. The van der Waals surface area contributed by atoms with E-state index in [9.17, 15) is 4.79 Å². The molecule has 20 heavy (non-hydrogen) atoms. The summed E-state index contributed by atoms with van der Waals surface area (Å²) in [5, 5.41) is 2.86. The Bertz CT molecular complexity index is 462. The highest BCUT2D eigenvalue weighted by atomic mass is 32.1. The number of rotatable bonds is 8. The molecule has 1 aromatic rings. The Morgan fingerprint density at radius 2 is 2.15 bits per heavy atom. The lowest BCUT2D eigenvalue weighted by atomic mass is 10.2. The summed E-state index contributed by atoms with van der Waals surface area (Å²) in [6, 6.07) is 7.28. The molecule has 3 N–H and O–H groups in total. The molecule has 0 saturated carbocycles. The summed E-state index contributed by atoms with van der Waals surface area (Å²) in [6.45, 7) is 3.50. The minimum Gasteiger partial charge on any atom is -0.389 e. The van der Waals surface area contributed by atoms with Crippen LogP contribution in [-0.2, 0) is 4.79 Å². The van der Waals surface area contributed by atoms with E-state index in [0.717, 1.165) is 24.2 Å². The lowest BCUT2D eigenvalue weighted by Crippen LogP contribution is -2.31. The van der Waals surface area contributed by atoms with E-state index in [-0.39, 0.29) is 5.91 Å². The second-order valence-corrected chi connectivity index (χ2v) is 5.38. The van der Waals surface area contributed by atoms with Crippen LogP contribution in [0.5, 0.6) is 0 Å². The first kappa shape index (κ1) is 16.6. The molecule has 0 unspecified atom stereocenters. The van der Waals surface area contributed by atoms with Crippen molar-refractivity contribution in [3.8, 4) is 0 Å². The van der Waals surface area contributed by atoms with Crippen LogP contribution in [0.25, 0.3) is 0 Å². The number of nitrogens with zero attached hydrogens (tertiary/aromatic N) is 1. The Morgan fingerprint density at radius 1 is 1.40 bits per heavy atom. The van der Waals surface area contributed by atoms with Crippen LogP contribution in [0.1, 0.15) is 31.7 Å². The van der Waals surface area contributed by atoms with Crippen molar-refractivity contribution in [3.63, 3.8) is 0 Å². The molecule has 0 saturated heterocycles. The van der Waals surface area contributed by atoms with Gasteiger partial charge in [0.1, 0.15) is 4.99 Å². The summed E-state index contributed by atoms with van der Waals surface area (Å²) >= 11 is 4.92. The molecule has 0 atom stereocenters. The van der Waals surface area contributed by atoms with Gasteiger partial charge in [-0.25, -0.2) is 0 Å². The summed E-state index contributed by atoms with van der Waals surface area (Å²) in [4.78, 5) is 14.3. The average Bonchev–Trinajstić information content (AvgIpc) is 2.39. The molecular weight excluding hydrogens is 270 g/mol. The topological polar surface area (TPSA) is 58.4 Å². The van der Waals surface area contributed by atoms with Crippen molar-refractivity contribution in [2.75, 3.05) is 25.5 Å². The van der Waals surface area contributed by atoms with Crippen molar-refractivity contribution in [1.29, 1.82) is 0 Å². The largest absolute Gasteiger partial charge is 0.389 e. The monoisotopic (exact) mass is 293 g/mol. The van der Waals surface area contributed by atoms with Crippen molar-refractivity contribution in [3.05, 3.63) is 29.8 Å². The van der Waals surface area contributed by atoms with Gasteiger partial charge in [0.25, 0.3) is 0 Å². The maximum Gasteiger partial charge on any atom is 0.238 e. The summed E-state index contributed by atoms with van der Waals surface area (Å²) in [7, 11) is 1.96. The SMILES string of the molecule is CCCCCN(C)CC(=O)Nc1cccc(C(N)=S)c1. The van der Waals surface area contributed by atoms with Crippen LogP contribution in [0, 0.1) is 0 Å². The molecule has 4 nitrogen and oxygen atoms in total. The van der Waals surface area contributed by atoms with Crippen molar-refractivity contribution < 1.29 is 4.79 Å². The van der Waals surface area contributed by atoms with Gasteiger partial charge in [-0.3, -0.25) is 9.69 Å². The fraction of sp³-hybridized carbons (Fsp3) is 0.467. The molecule has 1 aromatic carbocycles. The van der Waals surface area contributed by atoms with Gasteiger partial charge in [0.05, 0.1) is 6.54 Å². The number of nitrogens with two attached hydrogens (primary N) is 1. The predicted octanol–water partition coefficient (Wildman–Crippen LogP) is 2.38. The van der Waals surface area contributed by atoms with E-state index in [1.807, 2.05) is 30.1 Å². The first-order valence-corrected chi connectivity index (χ1v) is 7.32. The van der Waals surface area contributed by atoms with Crippen LogP contribution in [0.3, 0.4) is 0 Å². The van der Waals surface area contributed by atoms with Gasteiger partial charge < -0.3 is 11.1 Å². The van der Waals surface area contributed by atoms with Crippen LogP contribution in [0.4, 0.5) is 5.69 Å². The maximum absolute atomic E-state index is 11.9. The van der Waals surface area contributed by atoms with Gasteiger partial charge in [-0.15, -0.1) is 0 Å². The number of carbonyl (C=O) groups excluding carboxylic acids is 1. The number of hydrogen-bond donors (Lipinski definition) is 2. The zero-order valence-corrected chi connectivity index (χ0v) is 13.0. The molecule has 0 radical (unpaired) electrons. The third kappa shape index (κ3) is 6.12. The average molecular weight is 293 g/mol. The highest BCUT2D eigenvalue weighted by Crippen LogP contribution is 2.10. The maximum atomic E-state index is 11.9. The third-order valence-corrected chi connectivity index (χ3v) is 3.22. The molecule has 0 fully saturated rings. The highest BCUT2D eigenvalue weighted by Gasteiger charge is 2.07. The molecule has 110 valence electrons. The Morgan fingerprint density at radius 3 is 2.80 bits per heavy atom. The van der Waals surface area contributed by atoms with E-state index >= 15 is 0 Å². The van der Waals surface area contributed by atoms with Gasteiger partial charge in [-0.05, 0) is 32.1 Å². The zero-order valence-electron chi connectivity index (χ0n) is 12.2. The number of nitrogens with one attached hydrogen (secondary N) is 1. The molecule has 1 amide bonds. The van der Waals surface area contributed by atoms with Crippen molar-refractivity contribution >= 4 is 28.8 Å². The van der Waals surface area contributed by atoms with Gasteiger partial charge in [0, 0.05) is 11.3 Å². The number of likely N-dealkylation sites (N-methyl/N-ethyl adjacent to an activating group) is 1. The smallest absolute Gasteiger partial charge is 0.238 e. The Kier molecular flexibility index (Phi) is 7.18. The lowest BCUT2D eigenvalue weighted by Gasteiger charge is -2.16.